The lowest BCUT2D eigenvalue weighted by Crippen LogP contribution is -2.53. The maximum absolute atomic E-state index is 14.1. The molecule has 0 fully saturated rings. The average molecular weight is 570 g/mol. The summed E-state index contributed by atoms with van der Waals surface area (Å²) >= 11 is 6.16. The number of aryl methyl sites for hydroxylation is 2. The molecule has 3 aromatic rings. The van der Waals surface area contributed by atoms with Gasteiger partial charge in [-0.15, -0.1) is 0 Å². The minimum absolute atomic E-state index is 0.0574. The Hall–Kier alpha value is -3.36. The summed E-state index contributed by atoms with van der Waals surface area (Å²) in [6.07, 6.45) is 0.363. The van der Waals surface area contributed by atoms with Crippen LogP contribution in [0, 0.1) is 13.8 Å². The van der Waals surface area contributed by atoms with E-state index in [0.717, 1.165) is 15.4 Å². The fourth-order valence-corrected chi connectivity index (χ4v) is 6.17. The van der Waals surface area contributed by atoms with Crippen LogP contribution in [0.2, 0.25) is 5.02 Å². The van der Waals surface area contributed by atoms with Crippen molar-refractivity contribution in [3.8, 4) is 0 Å². The molecule has 1 N–H and O–H groups in total. The Bertz CT molecular complexity index is 1410. The second-order valence-corrected chi connectivity index (χ2v) is 12.2. The van der Waals surface area contributed by atoms with Gasteiger partial charge in [-0.25, -0.2) is 8.42 Å². The van der Waals surface area contributed by atoms with Crippen molar-refractivity contribution in [2.75, 3.05) is 10.8 Å². The first-order valence-corrected chi connectivity index (χ1v) is 14.7. The number of carbonyl (C=O) groups is 2. The third kappa shape index (κ3) is 7.61. The van der Waals surface area contributed by atoms with Gasteiger partial charge in [0.05, 0.1) is 10.6 Å². The maximum Gasteiger partial charge on any atom is 0.264 e. The third-order valence-electron chi connectivity index (χ3n) is 6.29. The number of benzene rings is 3. The van der Waals surface area contributed by atoms with Crippen LogP contribution >= 0.6 is 11.6 Å². The molecule has 3 aromatic carbocycles. The normalized spacial score (nSPS) is 12.2. The van der Waals surface area contributed by atoms with Crippen LogP contribution in [-0.2, 0) is 26.2 Å². The molecule has 0 aliphatic carbocycles. The quantitative estimate of drug-likeness (QED) is 0.331. The number of nitrogens with zero attached hydrogens (tertiary/aromatic N) is 2. The van der Waals surface area contributed by atoms with Gasteiger partial charge in [0, 0.05) is 17.6 Å². The molecule has 7 nitrogen and oxygen atoms in total. The Labute approximate surface area is 236 Å². The fraction of sp³-hybridized carbons (Fsp3) is 0.333. The molecule has 9 heteroatoms. The van der Waals surface area contributed by atoms with Crippen molar-refractivity contribution in [2.24, 2.45) is 0 Å². The zero-order valence-corrected chi connectivity index (χ0v) is 24.6. The second kappa shape index (κ2) is 13.1. The first-order valence-electron chi connectivity index (χ1n) is 12.9. The summed E-state index contributed by atoms with van der Waals surface area (Å²) in [7, 11) is -4.13. The number of sulfonamides is 1. The third-order valence-corrected chi connectivity index (χ3v) is 8.30. The van der Waals surface area contributed by atoms with E-state index in [9.17, 15) is 18.0 Å². The zero-order valence-electron chi connectivity index (χ0n) is 23.0. The van der Waals surface area contributed by atoms with Gasteiger partial charge >= 0.3 is 0 Å². The Morgan fingerprint density at radius 3 is 2.23 bits per heavy atom. The van der Waals surface area contributed by atoms with E-state index in [1.807, 2.05) is 52.0 Å². The number of hydrogen-bond donors (Lipinski definition) is 1. The van der Waals surface area contributed by atoms with Crippen LogP contribution in [0.1, 0.15) is 43.9 Å². The number of amides is 2. The van der Waals surface area contributed by atoms with E-state index in [1.165, 1.54) is 17.0 Å². The van der Waals surface area contributed by atoms with Crippen molar-refractivity contribution in [3.63, 3.8) is 0 Å². The van der Waals surface area contributed by atoms with E-state index in [4.69, 9.17) is 11.6 Å². The summed E-state index contributed by atoms with van der Waals surface area (Å²) in [4.78, 5) is 28.8. The SMILES string of the molecule is CCC(C(=O)NC(C)C)N(Cc1cccc(C)c1)C(=O)CN(c1ccc(Cl)cc1C)S(=O)(=O)c1ccccc1. The highest BCUT2D eigenvalue weighted by Gasteiger charge is 2.34. The van der Waals surface area contributed by atoms with E-state index in [2.05, 4.69) is 5.32 Å². The number of anilines is 1. The molecule has 0 aromatic heterocycles. The molecule has 2 amide bonds. The molecule has 0 saturated heterocycles. The van der Waals surface area contributed by atoms with E-state index >= 15 is 0 Å². The second-order valence-electron chi connectivity index (χ2n) is 9.85. The van der Waals surface area contributed by atoms with Gasteiger partial charge in [0.1, 0.15) is 12.6 Å². The van der Waals surface area contributed by atoms with Crippen LogP contribution in [-0.4, -0.2) is 43.8 Å². The van der Waals surface area contributed by atoms with Gasteiger partial charge in [-0.3, -0.25) is 13.9 Å². The molecular formula is C30H36ClN3O4S. The topological polar surface area (TPSA) is 86.8 Å². The Balaban J connectivity index is 2.09. The minimum atomic E-state index is -4.13. The first-order chi connectivity index (χ1) is 18.4. The summed E-state index contributed by atoms with van der Waals surface area (Å²) in [6.45, 7) is 8.91. The predicted octanol–water partition coefficient (Wildman–Crippen LogP) is 5.48. The molecule has 0 radical (unpaired) electrons. The lowest BCUT2D eigenvalue weighted by molar-refractivity contribution is -0.140. The molecule has 39 heavy (non-hydrogen) atoms. The summed E-state index contributed by atoms with van der Waals surface area (Å²) in [6, 6.07) is 19.6. The van der Waals surface area contributed by atoms with E-state index in [0.29, 0.717) is 22.7 Å². The molecule has 0 spiro atoms. The summed E-state index contributed by atoms with van der Waals surface area (Å²) in [5.74, 6) is -0.773. The van der Waals surface area contributed by atoms with Gasteiger partial charge < -0.3 is 10.2 Å². The highest BCUT2D eigenvalue weighted by atomic mass is 35.5. The molecule has 0 bridgehead atoms. The summed E-state index contributed by atoms with van der Waals surface area (Å²) < 4.78 is 28.9. The van der Waals surface area contributed by atoms with Gasteiger partial charge in [0.2, 0.25) is 11.8 Å². The molecular weight excluding hydrogens is 534 g/mol. The molecule has 3 rings (SSSR count). The smallest absolute Gasteiger partial charge is 0.264 e. The lowest BCUT2D eigenvalue weighted by atomic mass is 10.1. The van der Waals surface area contributed by atoms with Gasteiger partial charge in [-0.2, -0.15) is 0 Å². The molecule has 0 aliphatic rings. The van der Waals surface area contributed by atoms with Crippen molar-refractivity contribution in [3.05, 3.63) is 94.5 Å². The first kappa shape index (κ1) is 30.2. The van der Waals surface area contributed by atoms with Gasteiger partial charge in [-0.05, 0) is 75.6 Å². The molecule has 208 valence electrons. The van der Waals surface area contributed by atoms with E-state index in [-0.39, 0.29) is 23.4 Å². The van der Waals surface area contributed by atoms with Gasteiger partial charge in [0.15, 0.2) is 0 Å². The molecule has 1 atom stereocenters. The van der Waals surface area contributed by atoms with E-state index < -0.39 is 28.5 Å². The standard InChI is InChI=1S/C30H36ClN3O4S/c1-6-27(30(36)32-21(2)3)33(19-24-12-10-11-22(4)17-24)29(35)20-34(28-16-15-25(31)18-23(28)5)39(37,38)26-13-8-7-9-14-26/h7-18,21,27H,6,19-20H2,1-5H3,(H,32,36). The number of nitrogens with one attached hydrogen (secondary N) is 1. The van der Waals surface area contributed by atoms with Crippen LogP contribution in [0.5, 0.6) is 0 Å². The average Bonchev–Trinajstić information content (AvgIpc) is 2.87. The number of rotatable bonds is 11. The van der Waals surface area contributed by atoms with Crippen LogP contribution in [0.25, 0.3) is 0 Å². The Kier molecular flexibility index (Phi) is 10.2. The van der Waals surface area contributed by atoms with Crippen molar-refractivity contribution in [1.82, 2.24) is 10.2 Å². The van der Waals surface area contributed by atoms with Crippen LogP contribution in [0.3, 0.4) is 0 Å². The monoisotopic (exact) mass is 569 g/mol. The Morgan fingerprint density at radius 1 is 0.949 bits per heavy atom. The molecule has 0 heterocycles. The van der Waals surface area contributed by atoms with Crippen molar-refractivity contribution >= 4 is 39.1 Å². The van der Waals surface area contributed by atoms with Crippen molar-refractivity contribution in [2.45, 2.75) is 64.6 Å². The zero-order chi connectivity index (χ0) is 28.7. The van der Waals surface area contributed by atoms with Crippen LogP contribution < -0.4 is 9.62 Å². The Morgan fingerprint density at radius 2 is 1.64 bits per heavy atom. The largest absolute Gasteiger partial charge is 0.352 e. The molecule has 1 unspecified atom stereocenters. The maximum atomic E-state index is 14.1. The lowest BCUT2D eigenvalue weighted by Gasteiger charge is -2.34. The molecule has 0 aliphatic heterocycles. The summed E-state index contributed by atoms with van der Waals surface area (Å²) in [5.41, 5.74) is 2.81. The number of carbonyl (C=O) groups excluding carboxylic acids is 2. The summed E-state index contributed by atoms with van der Waals surface area (Å²) in [5, 5.41) is 3.36. The van der Waals surface area contributed by atoms with E-state index in [1.54, 1.807) is 43.3 Å². The van der Waals surface area contributed by atoms with Crippen LogP contribution in [0.4, 0.5) is 5.69 Å². The van der Waals surface area contributed by atoms with Crippen LogP contribution in [0.15, 0.2) is 77.7 Å². The minimum Gasteiger partial charge on any atom is -0.352 e. The molecule has 0 saturated carbocycles. The fourth-order valence-electron chi connectivity index (χ4n) is 4.44. The highest BCUT2D eigenvalue weighted by molar-refractivity contribution is 7.92. The van der Waals surface area contributed by atoms with Crippen molar-refractivity contribution in [1.29, 1.82) is 0 Å². The number of hydrogen-bond acceptors (Lipinski definition) is 4. The highest BCUT2D eigenvalue weighted by Crippen LogP contribution is 2.29. The van der Waals surface area contributed by atoms with Gasteiger partial charge in [-0.1, -0.05) is 66.6 Å². The number of halogens is 1. The van der Waals surface area contributed by atoms with Crippen molar-refractivity contribution < 1.29 is 18.0 Å². The predicted molar refractivity (Wildman–Crippen MR) is 156 cm³/mol. The van der Waals surface area contributed by atoms with Gasteiger partial charge in [0.25, 0.3) is 10.0 Å².